The van der Waals surface area contributed by atoms with Gasteiger partial charge in [-0.3, -0.25) is 4.79 Å². The molecule has 2 nitrogen and oxygen atoms in total. The van der Waals surface area contributed by atoms with Gasteiger partial charge in [-0.1, -0.05) is 48.6 Å². The minimum atomic E-state index is -0.539. The molecule has 0 amide bonds. The fourth-order valence-corrected chi connectivity index (χ4v) is 0.911. The van der Waals surface area contributed by atoms with Crippen LogP contribution >= 0.6 is 0 Å². The van der Waals surface area contributed by atoms with Crippen molar-refractivity contribution in [1.82, 2.24) is 0 Å². The molecule has 0 aliphatic heterocycles. The molecular formula is C12H9NO. The topological polar surface area (TPSA) is 40.9 Å². The van der Waals surface area contributed by atoms with Gasteiger partial charge in [-0.2, -0.15) is 5.26 Å². The van der Waals surface area contributed by atoms with Gasteiger partial charge in [-0.05, 0) is 11.6 Å². The average Bonchev–Trinajstić information content (AvgIpc) is 2.25. The molecule has 1 aromatic carbocycles. The number of carbonyl (C=O) groups is 1. The SMILES string of the molecule is N#CC(=O)C=C/C=C/c1ccccc1. The van der Waals surface area contributed by atoms with Gasteiger partial charge in [0.25, 0.3) is 5.78 Å². The molecule has 0 fully saturated rings. The lowest BCUT2D eigenvalue weighted by Crippen LogP contribution is -1.82. The van der Waals surface area contributed by atoms with Gasteiger partial charge in [0.05, 0.1) is 0 Å². The highest BCUT2D eigenvalue weighted by Crippen LogP contribution is 2.00. The van der Waals surface area contributed by atoms with Gasteiger partial charge in [0, 0.05) is 0 Å². The summed E-state index contributed by atoms with van der Waals surface area (Å²) >= 11 is 0. The predicted molar refractivity (Wildman–Crippen MR) is 55.2 cm³/mol. The maximum Gasteiger partial charge on any atom is 0.255 e. The number of benzene rings is 1. The van der Waals surface area contributed by atoms with Crippen LogP contribution in [0, 0.1) is 11.3 Å². The molecular weight excluding hydrogens is 174 g/mol. The number of rotatable bonds is 3. The zero-order valence-electron chi connectivity index (χ0n) is 7.55. The number of allylic oxidation sites excluding steroid dienone is 3. The van der Waals surface area contributed by atoms with Crippen LogP contribution in [-0.4, -0.2) is 5.78 Å². The number of hydrogen-bond donors (Lipinski definition) is 0. The molecule has 0 bridgehead atoms. The highest BCUT2D eigenvalue weighted by atomic mass is 16.1. The van der Waals surface area contributed by atoms with E-state index in [1.165, 1.54) is 12.1 Å². The first-order valence-corrected chi connectivity index (χ1v) is 4.17. The minimum Gasteiger partial charge on any atom is -0.278 e. The molecule has 0 saturated carbocycles. The number of ketones is 1. The summed E-state index contributed by atoms with van der Waals surface area (Å²) in [6, 6.07) is 11.2. The standard InChI is InChI=1S/C12H9NO/c13-10-12(14)9-5-4-8-11-6-2-1-3-7-11/h1-9H/b8-4+,9-5?. The third-order valence-electron chi connectivity index (χ3n) is 1.56. The Morgan fingerprint density at radius 3 is 2.57 bits per heavy atom. The molecule has 0 aromatic heterocycles. The molecule has 0 saturated heterocycles. The van der Waals surface area contributed by atoms with Gasteiger partial charge in [-0.25, -0.2) is 0 Å². The van der Waals surface area contributed by atoms with Crippen molar-refractivity contribution in [3.8, 4) is 6.07 Å². The van der Waals surface area contributed by atoms with Crippen molar-refractivity contribution in [3.05, 3.63) is 54.1 Å². The average molecular weight is 183 g/mol. The Morgan fingerprint density at radius 2 is 1.93 bits per heavy atom. The van der Waals surface area contributed by atoms with Crippen LogP contribution in [0.5, 0.6) is 0 Å². The predicted octanol–water partition coefficient (Wildman–Crippen LogP) is 2.35. The smallest absolute Gasteiger partial charge is 0.255 e. The van der Waals surface area contributed by atoms with E-state index in [1.807, 2.05) is 36.4 Å². The molecule has 1 rings (SSSR count). The van der Waals surface area contributed by atoms with E-state index in [1.54, 1.807) is 12.2 Å². The molecule has 0 spiro atoms. The lowest BCUT2D eigenvalue weighted by Gasteiger charge is -1.87. The maximum absolute atomic E-state index is 10.5. The number of nitrogens with zero attached hydrogens (tertiary/aromatic N) is 1. The molecule has 0 radical (unpaired) electrons. The van der Waals surface area contributed by atoms with E-state index in [4.69, 9.17) is 5.26 Å². The fourth-order valence-electron chi connectivity index (χ4n) is 0.911. The maximum atomic E-state index is 10.5. The molecule has 14 heavy (non-hydrogen) atoms. The molecule has 0 heterocycles. The quantitative estimate of drug-likeness (QED) is 0.410. The first kappa shape index (κ1) is 9.94. The molecule has 68 valence electrons. The highest BCUT2D eigenvalue weighted by Gasteiger charge is 1.86. The Morgan fingerprint density at radius 1 is 1.21 bits per heavy atom. The van der Waals surface area contributed by atoms with Crippen molar-refractivity contribution >= 4 is 11.9 Å². The van der Waals surface area contributed by atoms with Crippen LogP contribution in [0.25, 0.3) is 6.08 Å². The van der Waals surface area contributed by atoms with Crippen LogP contribution in [-0.2, 0) is 4.79 Å². The van der Waals surface area contributed by atoms with E-state index >= 15 is 0 Å². The summed E-state index contributed by atoms with van der Waals surface area (Å²) in [5.74, 6) is -0.539. The van der Waals surface area contributed by atoms with E-state index in [2.05, 4.69) is 0 Å². The fraction of sp³-hybridized carbons (Fsp3) is 0. The van der Waals surface area contributed by atoms with Crippen LogP contribution in [0.1, 0.15) is 5.56 Å². The molecule has 2 heteroatoms. The third-order valence-corrected chi connectivity index (χ3v) is 1.56. The first-order valence-electron chi connectivity index (χ1n) is 4.17. The Hall–Kier alpha value is -2.14. The lowest BCUT2D eigenvalue weighted by molar-refractivity contribution is -0.109. The summed E-state index contributed by atoms with van der Waals surface area (Å²) in [5.41, 5.74) is 1.06. The van der Waals surface area contributed by atoms with Crippen molar-refractivity contribution in [2.75, 3.05) is 0 Å². The van der Waals surface area contributed by atoms with Crippen molar-refractivity contribution in [3.63, 3.8) is 0 Å². The largest absolute Gasteiger partial charge is 0.278 e. The van der Waals surface area contributed by atoms with E-state index in [0.717, 1.165) is 5.56 Å². The Balaban J connectivity index is 2.55. The summed E-state index contributed by atoms with van der Waals surface area (Å²) in [5, 5.41) is 8.18. The molecule has 0 N–H and O–H groups in total. The Bertz CT molecular complexity index is 396. The van der Waals surface area contributed by atoms with Crippen molar-refractivity contribution in [2.45, 2.75) is 0 Å². The summed E-state index contributed by atoms with van der Waals surface area (Å²) in [4.78, 5) is 10.5. The number of nitriles is 1. The summed E-state index contributed by atoms with van der Waals surface area (Å²) in [6.07, 6.45) is 6.38. The first-order chi connectivity index (χ1) is 6.83. The number of carbonyl (C=O) groups excluding carboxylic acids is 1. The Labute approximate surface area is 82.8 Å². The van der Waals surface area contributed by atoms with Crippen LogP contribution in [0.2, 0.25) is 0 Å². The van der Waals surface area contributed by atoms with E-state index in [0.29, 0.717) is 0 Å². The van der Waals surface area contributed by atoms with Gasteiger partial charge in [0.1, 0.15) is 6.07 Å². The van der Waals surface area contributed by atoms with Crippen molar-refractivity contribution in [1.29, 1.82) is 5.26 Å². The molecule has 0 atom stereocenters. The number of hydrogen-bond acceptors (Lipinski definition) is 2. The summed E-state index contributed by atoms with van der Waals surface area (Å²) < 4.78 is 0. The molecule has 0 unspecified atom stereocenters. The zero-order valence-corrected chi connectivity index (χ0v) is 7.55. The normalized spacial score (nSPS) is 10.5. The van der Waals surface area contributed by atoms with Crippen LogP contribution < -0.4 is 0 Å². The van der Waals surface area contributed by atoms with Gasteiger partial charge >= 0.3 is 0 Å². The summed E-state index contributed by atoms with van der Waals surface area (Å²) in [7, 11) is 0. The third kappa shape index (κ3) is 3.51. The van der Waals surface area contributed by atoms with Crippen molar-refractivity contribution < 1.29 is 4.79 Å². The second-order valence-corrected chi connectivity index (χ2v) is 2.60. The van der Waals surface area contributed by atoms with Gasteiger partial charge < -0.3 is 0 Å². The van der Waals surface area contributed by atoms with E-state index in [9.17, 15) is 4.79 Å². The van der Waals surface area contributed by atoms with Crippen molar-refractivity contribution in [2.24, 2.45) is 0 Å². The van der Waals surface area contributed by atoms with E-state index in [-0.39, 0.29) is 0 Å². The monoisotopic (exact) mass is 183 g/mol. The minimum absolute atomic E-state index is 0.539. The molecule has 0 aliphatic carbocycles. The molecule has 1 aromatic rings. The second kappa shape index (κ2) is 5.50. The second-order valence-electron chi connectivity index (χ2n) is 2.60. The molecule has 0 aliphatic rings. The van der Waals surface area contributed by atoms with E-state index < -0.39 is 5.78 Å². The van der Waals surface area contributed by atoms with Crippen LogP contribution in [0.15, 0.2) is 48.6 Å². The van der Waals surface area contributed by atoms with Crippen LogP contribution in [0.4, 0.5) is 0 Å². The lowest BCUT2D eigenvalue weighted by atomic mass is 10.2. The zero-order chi connectivity index (χ0) is 10.2. The van der Waals surface area contributed by atoms with Gasteiger partial charge in [0.15, 0.2) is 0 Å². The summed E-state index contributed by atoms with van der Waals surface area (Å²) in [6.45, 7) is 0. The Kier molecular flexibility index (Phi) is 3.90. The van der Waals surface area contributed by atoms with Gasteiger partial charge in [-0.15, -0.1) is 0 Å². The highest BCUT2D eigenvalue weighted by molar-refractivity contribution is 6.02. The van der Waals surface area contributed by atoms with Crippen LogP contribution in [0.3, 0.4) is 0 Å². The van der Waals surface area contributed by atoms with Gasteiger partial charge in [0.2, 0.25) is 0 Å².